The van der Waals surface area contributed by atoms with Gasteiger partial charge >= 0.3 is 0 Å². The summed E-state index contributed by atoms with van der Waals surface area (Å²) < 4.78 is 1.84. The van der Waals surface area contributed by atoms with Gasteiger partial charge in [-0.25, -0.2) is 0 Å². The number of thioether (sulfide) groups is 1. The van der Waals surface area contributed by atoms with Gasteiger partial charge in [0, 0.05) is 30.1 Å². The number of rotatable bonds is 2. The van der Waals surface area contributed by atoms with E-state index in [-0.39, 0.29) is 5.54 Å². The lowest BCUT2D eigenvalue weighted by Gasteiger charge is -2.15. The van der Waals surface area contributed by atoms with Crippen molar-refractivity contribution >= 4 is 16.9 Å². The van der Waals surface area contributed by atoms with Gasteiger partial charge in [-0.05, 0) is 20.8 Å². The third-order valence-electron chi connectivity index (χ3n) is 2.52. The molecular formula is C11H18N4S. The normalized spacial score (nSPS) is 21.4. The minimum absolute atomic E-state index is 0.174. The molecule has 0 spiro atoms. The number of amidine groups is 1. The highest BCUT2D eigenvalue weighted by atomic mass is 32.2. The van der Waals surface area contributed by atoms with Crippen LogP contribution >= 0.6 is 11.8 Å². The van der Waals surface area contributed by atoms with Crippen molar-refractivity contribution in [3.8, 4) is 0 Å². The summed E-state index contributed by atoms with van der Waals surface area (Å²) in [7, 11) is 1.94. The molecular weight excluding hydrogens is 220 g/mol. The van der Waals surface area contributed by atoms with Crippen molar-refractivity contribution in [3.05, 3.63) is 17.5 Å². The molecule has 1 N–H and O–H groups in total. The zero-order valence-corrected chi connectivity index (χ0v) is 11.1. The summed E-state index contributed by atoms with van der Waals surface area (Å²) in [6.07, 6.45) is 2.03. The Morgan fingerprint density at radius 2 is 2.38 bits per heavy atom. The van der Waals surface area contributed by atoms with Crippen LogP contribution in [0.3, 0.4) is 0 Å². The van der Waals surface area contributed by atoms with Crippen LogP contribution in [0.25, 0.3) is 0 Å². The van der Waals surface area contributed by atoms with Gasteiger partial charge in [0.05, 0.1) is 12.2 Å². The van der Waals surface area contributed by atoms with E-state index in [0.717, 1.165) is 16.6 Å². The van der Waals surface area contributed by atoms with Crippen LogP contribution in [0.1, 0.15) is 25.1 Å². The van der Waals surface area contributed by atoms with Gasteiger partial charge in [0.2, 0.25) is 0 Å². The first-order valence-electron chi connectivity index (χ1n) is 5.41. The SMILES string of the molecule is Cc1nn(C)cc1CN=C1NC(C)(C)CS1. The van der Waals surface area contributed by atoms with E-state index in [2.05, 4.69) is 29.3 Å². The van der Waals surface area contributed by atoms with E-state index in [9.17, 15) is 0 Å². The zero-order valence-electron chi connectivity index (χ0n) is 10.2. The molecule has 1 aromatic heterocycles. The molecule has 0 amide bonds. The van der Waals surface area contributed by atoms with Crippen LogP contribution in [0.2, 0.25) is 0 Å². The number of nitrogens with one attached hydrogen (secondary N) is 1. The maximum atomic E-state index is 4.58. The van der Waals surface area contributed by atoms with E-state index >= 15 is 0 Å². The van der Waals surface area contributed by atoms with Crippen LogP contribution < -0.4 is 5.32 Å². The molecule has 1 aliphatic rings. The molecule has 1 aromatic rings. The predicted octanol–water partition coefficient (Wildman–Crippen LogP) is 1.70. The lowest BCUT2D eigenvalue weighted by molar-refractivity contribution is 0.536. The molecule has 0 radical (unpaired) electrons. The number of aryl methyl sites for hydroxylation is 2. The molecule has 0 aromatic carbocycles. The van der Waals surface area contributed by atoms with Crippen LogP contribution in [-0.4, -0.2) is 26.2 Å². The largest absolute Gasteiger partial charge is 0.359 e. The number of aliphatic imine (C=N–C) groups is 1. The Kier molecular flexibility index (Phi) is 2.97. The van der Waals surface area contributed by atoms with Gasteiger partial charge in [-0.2, -0.15) is 5.10 Å². The van der Waals surface area contributed by atoms with Crippen molar-refractivity contribution in [2.45, 2.75) is 32.9 Å². The Hall–Kier alpha value is -0.970. The van der Waals surface area contributed by atoms with Crippen LogP contribution in [0.5, 0.6) is 0 Å². The smallest absolute Gasteiger partial charge is 0.157 e. The van der Waals surface area contributed by atoms with Gasteiger partial charge in [0.1, 0.15) is 0 Å². The topological polar surface area (TPSA) is 42.2 Å². The van der Waals surface area contributed by atoms with Crippen LogP contribution in [0.15, 0.2) is 11.2 Å². The van der Waals surface area contributed by atoms with Crippen LogP contribution in [0, 0.1) is 6.92 Å². The quantitative estimate of drug-likeness (QED) is 0.852. The first-order chi connectivity index (χ1) is 7.46. The first-order valence-corrected chi connectivity index (χ1v) is 6.39. The fourth-order valence-corrected chi connectivity index (χ4v) is 2.73. The standard InChI is InChI=1S/C11H18N4S/c1-8-9(6-15(4)14-8)5-12-10-13-11(2,3)7-16-10/h6H,5,7H2,1-4H3,(H,12,13). The lowest BCUT2D eigenvalue weighted by Crippen LogP contribution is -2.36. The molecule has 0 aliphatic carbocycles. The Morgan fingerprint density at radius 3 is 2.88 bits per heavy atom. The number of nitrogens with zero attached hydrogens (tertiary/aromatic N) is 3. The summed E-state index contributed by atoms with van der Waals surface area (Å²) in [6.45, 7) is 7.12. The second-order valence-corrected chi connectivity index (χ2v) is 5.80. The molecule has 0 bridgehead atoms. The Morgan fingerprint density at radius 1 is 1.62 bits per heavy atom. The third-order valence-corrected chi connectivity index (χ3v) is 3.89. The summed E-state index contributed by atoms with van der Waals surface area (Å²) in [6, 6.07) is 0. The van der Waals surface area contributed by atoms with E-state index in [4.69, 9.17) is 0 Å². The molecule has 0 atom stereocenters. The fraction of sp³-hybridized carbons (Fsp3) is 0.636. The molecule has 2 rings (SSSR count). The number of hydrogen-bond donors (Lipinski definition) is 1. The van der Waals surface area contributed by atoms with Crippen molar-refractivity contribution in [2.75, 3.05) is 5.75 Å². The maximum absolute atomic E-state index is 4.58. The van der Waals surface area contributed by atoms with E-state index in [1.807, 2.05) is 24.9 Å². The van der Waals surface area contributed by atoms with Crippen molar-refractivity contribution in [1.29, 1.82) is 0 Å². The molecule has 4 nitrogen and oxygen atoms in total. The van der Waals surface area contributed by atoms with Crippen LogP contribution in [-0.2, 0) is 13.6 Å². The predicted molar refractivity (Wildman–Crippen MR) is 68.8 cm³/mol. The average molecular weight is 238 g/mol. The van der Waals surface area contributed by atoms with Crippen molar-refractivity contribution in [1.82, 2.24) is 15.1 Å². The second-order valence-electron chi connectivity index (χ2n) is 4.83. The summed E-state index contributed by atoms with van der Waals surface area (Å²) in [5.74, 6) is 1.08. The number of aromatic nitrogens is 2. The third kappa shape index (κ3) is 2.58. The Bertz CT molecular complexity index is 420. The summed E-state index contributed by atoms with van der Waals surface area (Å²) >= 11 is 1.79. The first kappa shape index (κ1) is 11.5. The second kappa shape index (κ2) is 4.13. The number of hydrogen-bond acceptors (Lipinski definition) is 3. The van der Waals surface area contributed by atoms with Gasteiger partial charge in [-0.15, -0.1) is 0 Å². The average Bonchev–Trinajstić information content (AvgIpc) is 2.66. The minimum Gasteiger partial charge on any atom is -0.359 e. The molecule has 0 saturated carbocycles. The summed E-state index contributed by atoms with van der Waals surface area (Å²) in [5.41, 5.74) is 2.43. The molecule has 16 heavy (non-hydrogen) atoms. The minimum atomic E-state index is 0.174. The molecule has 2 heterocycles. The van der Waals surface area contributed by atoms with Gasteiger partial charge < -0.3 is 5.32 Å². The highest BCUT2D eigenvalue weighted by molar-refractivity contribution is 8.14. The molecule has 1 saturated heterocycles. The van der Waals surface area contributed by atoms with Crippen molar-refractivity contribution in [2.24, 2.45) is 12.0 Å². The van der Waals surface area contributed by atoms with E-state index < -0.39 is 0 Å². The fourth-order valence-electron chi connectivity index (χ4n) is 1.66. The Balaban J connectivity index is 2.02. The molecule has 1 fully saturated rings. The van der Waals surface area contributed by atoms with Gasteiger partial charge in [0.25, 0.3) is 0 Å². The van der Waals surface area contributed by atoms with Crippen molar-refractivity contribution in [3.63, 3.8) is 0 Å². The highest BCUT2D eigenvalue weighted by Crippen LogP contribution is 2.22. The molecule has 88 valence electrons. The molecule has 0 unspecified atom stereocenters. The van der Waals surface area contributed by atoms with Crippen LogP contribution in [0.4, 0.5) is 0 Å². The Labute approximate surface area is 101 Å². The van der Waals surface area contributed by atoms with E-state index in [0.29, 0.717) is 6.54 Å². The zero-order chi connectivity index (χ0) is 11.8. The summed E-state index contributed by atoms with van der Waals surface area (Å²) in [4.78, 5) is 4.58. The van der Waals surface area contributed by atoms with E-state index in [1.54, 1.807) is 11.8 Å². The van der Waals surface area contributed by atoms with Crippen molar-refractivity contribution < 1.29 is 0 Å². The van der Waals surface area contributed by atoms with E-state index in [1.165, 1.54) is 5.56 Å². The lowest BCUT2D eigenvalue weighted by atomic mass is 10.1. The molecule has 5 heteroatoms. The van der Waals surface area contributed by atoms with Gasteiger partial charge in [0.15, 0.2) is 5.17 Å². The summed E-state index contributed by atoms with van der Waals surface area (Å²) in [5, 5.41) is 8.77. The monoisotopic (exact) mass is 238 g/mol. The molecule has 1 aliphatic heterocycles. The highest BCUT2D eigenvalue weighted by Gasteiger charge is 2.27. The van der Waals surface area contributed by atoms with Gasteiger partial charge in [-0.3, -0.25) is 9.67 Å². The van der Waals surface area contributed by atoms with Gasteiger partial charge in [-0.1, -0.05) is 11.8 Å². The maximum Gasteiger partial charge on any atom is 0.157 e.